The highest BCUT2D eigenvalue weighted by molar-refractivity contribution is 6.31. The first-order valence-electron chi connectivity index (χ1n) is 11.4. The van der Waals surface area contributed by atoms with Gasteiger partial charge < -0.3 is 9.88 Å². The SMILES string of the molecule is C/N=c1/n(Cc2ccccc2Cl)c2ccccc2n1-c1ccc(-c2ccccc2NC(C)=O)cc1. The van der Waals surface area contributed by atoms with Crippen LogP contribution in [0.25, 0.3) is 27.8 Å². The van der Waals surface area contributed by atoms with Gasteiger partial charge in [-0.2, -0.15) is 0 Å². The molecule has 0 fully saturated rings. The zero-order valence-corrected chi connectivity index (χ0v) is 20.3. The molecule has 0 aliphatic rings. The predicted molar refractivity (Wildman–Crippen MR) is 143 cm³/mol. The summed E-state index contributed by atoms with van der Waals surface area (Å²) in [6.07, 6.45) is 0. The lowest BCUT2D eigenvalue weighted by atomic mass is 10.0. The number of imidazole rings is 1. The molecule has 0 aliphatic carbocycles. The van der Waals surface area contributed by atoms with E-state index >= 15 is 0 Å². The molecule has 0 atom stereocenters. The number of nitrogens with one attached hydrogen (secondary N) is 1. The van der Waals surface area contributed by atoms with Gasteiger partial charge in [0.15, 0.2) is 0 Å². The van der Waals surface area contributed by atoms with Gasteiger partial charge in [-0.25, -0.2) is 0 Å². The first-order chi connectivity index (χ1) is 17.1. The number of carbonyl (C=O) groups excluding carboxylic acids is 1. The van der Waals surface area contributed by atoms with E-state index in [-0.39, 0.29) is 5.91 Å². The number of para-hydroxylation sites is 3. The van der Waals surface area contributed by atoms with Crippen LogP contribution in [0.4, 0.5) is 5.69 Å². The summed E-state index contributed by atoms with van der Waals surface area (Å²) in [5.74, 6) is -0.0925. The Morgan fingerprint density at radius 3 is 2.23 bits per heavy atom. The highest BCUT2D eigenvalue weighted by Gasteiger charge is 2.15. The number of aromatic nitrogens is 2. The Labute approximate surface area is 209 Å². The molecule has 1 heterocycles. The van der Waals surface area contributed by atoms with Crippen LogP contribution in [0.15, 0.2) is 102 Å². The Morgan fingerprint density at radius 1 is 0.857 bits per heavy atom. The summed E-state index contributed by atoms with van der Waals surface area (Å²) >= 11 is 6.49. The van der Waals surface area contributed by atoms with Gasteiger partial charge in [-0.05, 0) is 47.5 Å². The molecule has 0 bridgehead atoms. The van der Waals surface area contributed by atoms with Gasteiger partial charge in [0.05, 0.1) is 17.6 Å². The molecule has 5 rings (SSSR count). The summed E-state index contributed by atoms with van der Waals surface area (Å²) in [6, 6.07) is 32.3. The Balaban J connectivity index is 1.62. The van der Waals surface area contributed by atoms with Gasteiger partial charge in [0.1, 0.15) is 0 Å². The lowest BCUT2D eigenvalue weighted by Crippen LogP contribution is -2.25. The van der Waals surface area contributed by atoms with E-state index in [1.165, 1.54) is 6.92 Å². The Hall–Kier alpha value is -4.09. The molecule has 1 amide bonds. The molecule has 5 aromatic rings. The normalized spacial score (nSPS) is 11.7. The van der Waals surface area contributed by atoms with Crippen LogP contribution >= 0.6 is 11.6 Å². The van der Waals surface area contributed by atoms with Crippen molar-refractivity contribution < 1.29 is 4.79 Å². The quantitative estimate of drug-likeness (QED) is 0.316. The van der Waals surface area contributed by atoms with Gasteiger partial charge in [0, 0.05) is 35.9 Å². The molecule has 4 aromatic carbocycles. The number of benzene rings is 4. The number of halogens is 1. The fourth-order valence-electron chi connectivity index (χ4n) is 4.47. The summed E-state index contributed by atoms with van der Waals surface area (Å²) in [5.41, 5.74) is 7.80. The van der Waals surface area contributed by atoms with Gasteiger partial charge >= 0.3 is 0 Å². The number of hydrogen-bond acceptors (Lipinski definition) is 2. The van der Waals surface area contributed by atoms with E-state index < -0.39 is 0 Å². The van der Waals surface area contributed by atoms with Crippen LogP contribution in [0.5, 0.6) is 0 Å². The van der Waals surface area contributed by atoms with E-state index in [0.29, 0.717) is 6.54 Å². The van der Waals surface area contributed by atoms with Crippen LogP contribution in [-0.2, 0) is 11.3 Å². The standard InChI is InChI=1S/C29H25ClN4O/c1-20(35)32-26-12-6-4-10-24(26)21-15-17-23(18-16-21)34-28-14-8-7-13-27(28)33(29(34)31-2)19-22-9-3-5-11-25(22)30/h3-18H,19H2,1-2H3,(H,32,35)/b31-29-. The van der Waals surface area contributed by atoms with E-state index in [4.69, 9.17) is 11.6 Å². The summed E-state index contributed by atoms with van der Waals surface area (Å²) < 4.78 is 4.35. The molecule has 5 nitrogen and oxygen atoms in total. The first-order valence-corrected chi connectivity index (χ1v) is 11.8. The fraction of sp³-hybridized carbons (Fsp3) is 0.103. The molecule has 0 saturated heterocycles. The number of fused-ring (bicyclic) bond motifs is 1. The molecule has 1 N–H and O–H groups in total. The third-order valence-electron chi connectivity index (χ3n) is 6.02. The molecular formula is C29H25ClN4O. The van der Waals surface area contributed by atoms with Crippen LogP contribution in [0.3, 0.4) is 0 Å². The average Bonchev–Trinajstić information content (AvgIpc) is 3.19. The van der Waals surface area contributed by atoms with Gasteiger partial charge in [-0.1, -0.05) is 72.3 Å². The summed E-state index contributed by atoms with van der Waals surface area (Å²) in [4.78, 5) is 16.3. The molecule has 0 radical (unpaired) electrons. The van der Waals surface area contributed by atoms with E-state index in [2.05, 4.69) is 55.8 Å². The van der Waals surface area contributed by atoms with Crippen molar-refractivity contribution in [2.75, 3.05) is 12.4 Å². The first kappa shape index (κ1) is 22.7. The summed E-state index contributed by atoms with van der Waals surface area (Å²) in [5, 5.41) is 3.66. The summed E-state index contributed by atoms with van der Waals surface area (Å²) in [7, 11) is 1.81. The van der Waals surface area contributed by atoms with Crippen molar-refractivity contribution in [3.05, 3.63) is 113 Å². The minimum Gasteiger partial charge on any atom is -0.326 e. The average molecular weight is 481 g/mol. The number of carbonyl (C=O) groups is 1. The third kappa shape index (κ3) is 4.38. The second-order valence-corrected chi connectivity index (χ2v) is 8.71. The van der Waals surface area contributed by atoms with Crippen molar-refractivity contribution in [2.24, 2.45) is 4.99 Å². The number of nitrogens with zero attached hydrogens (tertiary/aromatic N) is 3. The second kappa shape index (κ2) is 9.65. The van der Waals surface area contributed by atoms with E-state index in [1.54, 1.807) is 0 Å². The van der Waals surface area contributed by atoms with Gasteiger partial charge in [0.25, 0.3) is 0 Å². The molecular weight excluding hydrogens is 456 g/mol. The van der Waals surface area contributed by atoms with Gasteiger partial charge in [-0.15, -0.1) is 0 Å². The van der Waals surface area contributed by atoms with Crippen molar-refractivity contribution >= 4 is 34.2 Å². The number of hydrogen-bond donors (Lipinski definition) is 1. The van der Waals surface area contributed by atoms with Crippen molar-refractivity contribution in [1.82, 2.24) is 9.13 Å². The van der Waals surface area contributed by atoms with Gasteiger partial charge in [-0.3, -0.25) is 14.4 Å². The molecule has 0 aliphatic heterocycles. The van der Waals surface area contributed by atoms with Crippen molar-refractivity contribution in [3.8, 4) is 16.8 Å². The number of rotatable bonds is 5. The van der Waals surface area contributed by atoms with Crippen LogP contribution in [0.2, 0.25) is 5.02 Å². The van der Waals surface area contributed by atoms with Crippen LogP contribution < -0.4 is 10.9 Å². The summed E-state index contributed by atoms with van der Waals surface area (Å²) in [6.45, 7) is 2.13. The molecule has 1 aromatic heterocycles. The molecule has 174 valence electrons. The number of anilines is 1. The lowest BCUT2D eigenvalue weighted by molar-refractivity contribution is -0.114. The van der Waals surface area contributed by atoms with Crippen molar-refractivity contribution in [3.63, 3.8) is 0 Å². The number of amides is 1. The molecule has 0 spiro atoms. The zero-order chi connectivity index (χ0) is 24.4. The van der Waals surface area contributed by atoms with Crippen LogP contribution in [0, 0.1) is 0 Å². The maximum atomic E-state index is 11.6. The van der Waals surface area contributed by atoms with Crippen LogP contribution in [-0.4, -0.2) is 22.1 Å². The topological polar surface area (TPSA) is 51.3 Å². The molecule has 0 saturated carbocycles. The maximum absolute atomic E-state index is 11.6. The minimum atomic E-state index is -0.0925. The molecule has 0 unspecified atom stereocenters. The monoisotopic (exact) mass is 480 g/mol. The van der Waals surface area contributed by atoms with E-state index in [9.17, 15) is 4.79 Å². The van der Waals surface area contributed by atoms with Crippen molar-refractivity contribution in [2.45, 2.75) is 13.5 Å². The minimum absolute atomic E-state index is 0.0925. The maximum Gasteiger partial charge on any atom is 0.221 e. The Morgan fingerprint density at radius 2 is 1.51 bits per heavy atom. The third-order valence-corrected chi connectivity index (χ3v) is 6.38. The van der Waals surface area contributed by atoms with E-state index in [0.717, 1.165) is 49.7 Å². The van der Waals surface area contributed by atoms with E-state index in [1.807, 2.05) is 67.7 Å². The fourth-order valence-corrected chi connectivity index (χ4v) is 4.66. The second-order valence-electron chi connectivity index (χ2n) is 8.30. The highest BCUT2D eigenvalue weighted by atomic mass is 35.5. The van der Waals surface area contributed by atoms with Crippen molar-refractivity contribution in [1.29, 1.82) is 0 Å². The smallest absolute Gasteiger partial charge is 0.221 e. The van der Waals surface area contributed by atoms with Gasteiger partial charge in [0.2, 0.25) is 11.5 Å². The highest BCUT2D eigenvalue weighted by Crippen LogP contribution is 2.29. The van der Waals surface area contributed by atoms with Crippen LogP contribution in [0.1, 0.15) is 12.5 Å². The Bertz CT molecular complexity index is 1600. The predicted octanol–water partition coefficient (Wildman–Crippen LogP) is 6.29. The zero-order valence-electron chi connectivity index (χ0n) is 19.6. The molecule has 35 heavy (non-hydrogen) atoms. The lowest BCUT2D eigenvalue weighted by Gasteiger charge is -2.11. The largest absolute Gasteiger partial charge is 0.326 e. The molecule has 6 heteroatoms. The Kier molecular flexibility index (Phi) is 6.25.